The Hall–Kier alpha value is -2.20. The molecular formula is C22H23ClFN3. The molecule has 2 aromatic carbocycles. The Balaban J connectivity index is 2.11. The lowest BCUT2D eigenvalue weighted by molar-refractivity contribution is 0.293. The van der Waals surface area contributed by atoms with Crippen LogP contribution in [0.15, 0.2) is 35.3 Å². The number of fused-ring (bicyclic) bond motifs is 2. The van der Waals surface area contributed by atoms with Crippen LogP contribution >= 0.6 is 11.6 Å². The van der Waals surface area contributed by atoms with E-state index in [1.165, 1.54) is 6.07 Å². The van der Waals surface area contributed by atoms with Gasteiger partial charge in [-0.15, -0.1) is 0 Å². The van der Waals surface area contributed by atoms with E-state index >= 15 is 0 Å². The van der Waals surface area contributed by atoms with Crippen molar-refractivity contribution in [3.8, 4) is 0 Å². The molecule has 0 fully saturated rings. The summed E-state index contributed by atoms with van der Waals surface area (Å²) in [4.78, 5) is 5.10. The average Bonchev–Trinajstić information content (AvgIpc) is 2.91. The lowest BCUT2D eigenvalue weighted by Gasteiger charge is -2.44. The minimum Gasteiger partial charge on any atom is -0.275 e. The van der Waals surface area contributed by atoms with Gasteiger partial charge in [-0.25, -0.2) is 4.39 Å². The first-order valence-electron chi connectivity index (χ1n) is 9.07. The average molecular weight is 384 g/mol. The molecule has 2 heterocycles. The van der Waals surface area contributed by atoms with Gasteiger partial charge in [-0.3, -0.25) is 9.67 Å². The van der Waals surface area contributed by atoms with Crippen LogP contribution in [0.2, 0.25) is 5.02 Å². The Morgan fingerprint density at radius 3 is 2.48 bits per heavy atom. The summed E-state index contributed by atoms with van der Waals surface area (Å²) in [5.74, 6) is -0.196. The summed E-state index contributed by atoms with van der Waals surface area (Å²) in [6.07, 6.45) is 0. The van der Waals surface area contributed by atoms with Gasteiger partial charge in [0.1, 0.15) is 11.3 Å². The third-order valence-electron chi connectivity index (χ3n) is 6.18. The van der Waals surface area contributed by atoms with Crippen molar-refractivity contribution in [2.45, 2.75) is 45.6 Å². The normalized spacial score (nSPS) is 17.7. The SMILES string of the molecule is Cc1ccc2c(C3=NC(C)(C)C(C)(C)c4c(F)cccc43)n(C)nc2c1Cl. The number of hydrogen-bond acceptors (Lipinski definition) is 2. The summed E-state index contributed by atoms with van der Waals surface area (Å²) in [7, 11) is 1.88. The number of aromatic nitrogens is 2. The van der Waals surface area contributed by atoms with Gasteiger partial charge in [-0.05, 0) is 32.4 Å². The summed E-state index contributed by atoms with van der Waals surface area (Å²) in [6, 6.07) is 9.23. The van der Waals surface area contributed by atoms with Crippen LogP contribution in [0, 0.1) is 12.7 Å². The van der Waals surface area contributed by atoms with E-state index in [9.17, 15) is 4.39 Å². The molecule has 140 valence electrons. The van der Waals surface area contributed by atoms with Crippen LogP contribution < -0.4 is 0 Å². The van der Waals surface area contributed by atoms with Crippen molar-refractivity contribution in [2.75, 3.05) is 0 Å². The summed E-state index contributed by atoms with van der Waals surface area (Å²) in [6.45, 7) is 10.2. The monoisotopic (exact) mass is 383 g/mol. The van der Waals surface area contributed by atoms with Gasteiger partial charge in [0, 0.05) is 29.0 Å². The zero-order valence-corrected chi connectivity index (χ0v) is 17.2. The number of aliphatic imine (C=N–C) groups is 1. The second-order valence-corrected chi connectivity index (χ2v) is 8.75. The first kappa shape index (κ1) is 18.2. The number of nitrogens with zero attached hydrogens (tertiary/aromatic N) is 3. The first-order valence-corrected chi connectivity index (χ1v) is 9.45. The van der Waals surface area contributed by atoms with Gasteiger partial charge in [0.2, 0.25) is 0 Å². The zero-order valence-electron chi connectivity index (χ0n) is 16.5. The van der Waals surface area contributed by atoms with E-state index in [-0.39, 0.29) is 5.82 Å². The molecule has 0 N–H and O–H groups in total. The van der Waals surface area contributed by atoms with Gasteiger partial charge in [-0.2, -0.15) is 5.10 Å². The second kappa shape index (κ2) is 5.65. The van der Waals surface area contributed by atoms with Crippen LogP contribution in [-0.4, -0.2) is 21.0 Å². The topological polar surface area (TPSA) is 30.2 Å². The number of rotatable bonds is 1. The molecule has 4 rings (SSSR count). The Labute approximate surface area is 163 Å². The molecule has 0 aliphatic carbocycles. The zero-order chi connectivity index (χ0) is 19.7. The van der Waals surface area contributed by atoms with Crippen LogP contribution in [0.25, 0.3) is 10.9 Å². The molecular weight excluding hydrogens is 361 g/mol. The minimum absolute atomic E-state index is 0.196. The molecule has 27 heavy (non-hydrogen) atoms. The van der Waals surface area contributed by atoms with Crippen molar-refractivity contribution in [3.05, 3.63) is 63.6 Å². The number of halogens is 2. The Morgan fingerprint density at radius 1 is 1.07 bits per heavy atom. The predicted molar refractivity (Wildman–Crippen MR) is 110 cm³/mol. The third kappa shape index (κ3) is 2.39. The highest BCUT2D eigenvalue weighted by atomic mass is 35.5. The number of aryl methyl sites for hydroxylation is 2. The maximum atomic E-state index is 15.0. The van der Waals surface area contributed by atoms with Crippen LogP contribution in [0.5, 0.6) is 0 Å². The molecule has 1 aromatic heterocycles. The van der Waals surface area contributed by atoms with Crippen LogP contribution in [-0.2, 0) is 12.5 Å². The molecule has 1 aliphatic rings. The lowest BCUT2D eigenvalue weighted by Crippen LogP contribution is -2.47. The fourth-order valence-electron chi connectivity index (χ4n) is 3.93. The summed E-state index contributed by atoms with van der Waals surface area (Å²) in [5.41, 5.74) is 3.95. The van der Waals surface area contributed by atoms with Crippen molar-refractivity contribution in [2.24, 2.45) is 12.0 Å². The number of hydrogen-bond donors (Lipinski definition) is 0. The van der Waals surface area contributed by atoms with Crippen molar-refractivity contribution in [3.63, 3.8) is 0 Å². The Morgan fingerprint density at radius 2 is 1.78 bits per heavy atom. The van der Waals surface area contributed by atoms with Gasteiger partial charge in [-0.1, -0.05) is 49.7 Å². The van der Waals surface area contributed by atoms with Crippen molar-refractivity contribution in [1.29, 1.82) is 0 Å². The molecule has 3 nitrogen and oxygen atoms in total. The van der Waals surface area contributed by atoms with Crippen molar-refractivity contribution in [1.82, 2.24) is 9.78 Å². The van der Waals surface area contributed by atoms with Gasteiger partial charge >= 0.3 is 0 Å². The van der Waals surface area contributed by atoms with E-state index in [2.05, 4.69) is 32.8 Å². The quantitative estimate of drug-likeness (QED) is 0.539. The summed E-state index contributed by atoms with van der Waals surface area (Å²) in [5, 5.41) is 6.21. The molecule has 0 radical (unpaired) electrons. The molecule has 0 saturated carbocycles. The van der Waals surface area contributed by atoms with Crippen molar-refractivity contribution < 1.29 is 4.39 Å². The second-order valence-electron chi connectivity index (χ2n) is 8.37. The van der Waals surface area contributed by atoms with Crippen molar-refractivity contribution >= 4 is 28.2 Å². The van der Waals surface area contributed by atoms with E-state index < -0.39 is 11.0 Å². The third-order valence-corrected chi connectivity index (χ3v) is 6.65. The van der Waals surface area contributed by atoms with Crippen LogP contribution in [0.1, 0.15) is 50.1 Å². The standard InChI is InChI=1S/C22H23ClFN3/c1-12-10-11-14-18(17(12)23)26-27(6)20(14)19-13-8-7-9-15(24)16(13)21(2,3)22(4,5)25-19/h7-11H,1-6H3. The van der Waals surface area contributed by atoms with Crippen LogP contribution in [0.4, 0.5) is 4.39 Å². The van der Waals surface area contributed by atoms with E-state index in [0.717, 1.165) is 33.4 Å². The lowest BCUT2D eigenvalue weighted by atomic mass is 9.65. The highest BCUT2D eigenvalue weighted by Gasteiger charge is 2.46. The summed E-state index contributed by atoms with van der Waals surface area (Å²) >= 11 is 6.50. The fourth-order valence-corrected chi connectivity index (χ4v) is 4.13. The van der Waals surface area contributed by atoms with E-state index in [1.54, 1.807) is 10.7 Å². The van der Waals surface area contributed by atoms with E-state index in [1.807, 2.05) is 32.2 Å². The maximum Gasteiger partial charge on any atom is 0.127 e. The summed E-state index contributed by atoms with van der Waals surface area (Å²) < 4.78 is 16.8. The van der Waals surface area contributed by atoms with Gasteiger partial charge in [0.15, 0.2) is 0 Å². The smallest absolute Gasteiger partial charge is 0.127 e. The van der Waals surface area contributed by atoms with Crippen LogP contribution in [0.3, 0.4) is 0 Å². The molecule has 3 aromatic rings. The first-order chi connectivity index (χ1) is 12.6. The largest absolute Gasteiger partial charge is 0.275 e. The molecule has 5 heteroatoms. The Kier molecular flexibility index (Phi) is 3.80. The minimum atomic E-state index is -0.484. The highest BCUT2D eigenvalue weighted by Crippen LogP contribution is 2.45. The maximum absolute atomic E-state index is 15.0. The van der Waals surface area contributed by atoms with Gasteiger partial charge < -0.3 is 0 Å². The molecule has 0 bridgehead atoms. The number of benzene rings is 2. The molecule has 0 saturated heterocycles. The molecule has 0 spiro atoms. The van der Waals surface area contributed by atoms with Gasteiger partial charge in [0.05, 0.1) is 22.0 Å². The van der Waals surface area contributed by atoms with E-state index in [0.29, 0.717) is 10.6 Å². The highest BCUT2D eigenvalue weighted by molar-refractivity contribution is 6.36. The fraction of sp³-hybridized carbons (Fsp3) is 0.364. The van der Waals surface area contributed by atoms with E-state index in [4.69, 9.17) is 16.6 Å². The molecule has 0 amide bonds. The Bertz CT molecular complexity index is 1120. The molecule has 0 atom stereocenters. The predicted octanol–water partition coefficient (Wildman–Crippen LogP) is 5.58. The van der Waals surface area contributed by atoms with Gasteiger partial charge in [0.25, 0.3) is 0 Å². The molecule has 1 aliphatic heterocycles. The molecule has 0 unspecified atom stereocenters.